The molecule has 0 aromatic carbocycles. The molecule has 0 fully saturated rings. The van der Waals surface area contributed by atoms with E-state index in [-0.39, 0.29) is 4.83 Å². The van der Waals surface area contributed by atoms with E-state index in [0.717, 1.165) is 32.1 Å². The van der Waals surface area contributed by atoms with Gasteiger partial charge in [-0.1, -0.05) is 42.6 Å². The number of carbonyl (C=O) groups excluding carboxylic acids is 1. The molecule has 0 aliphatic heterocycles. The highest BCUT2D eigenvalue weighted by Gasteiger charge is 2.11. The van der Waals surface area contributed by atoms with Gasteiger partial charge in [0.05, 0.1) is 4.83 Å². The molecule has 0 aliphatic rings. The lowest BCUT2D eigenvalue weighted by atomic mass is 10.1. The van der Waals surface area contributed by atoms with Gasteiger partial charge < -0.3 is 0 Å². The summed E-state index contributed by atoms with van der Waals surface area (Å²) in [6.45, 7) is 4.21. The Morgan fingerprint density at radius 3 is 2.45 bits per heavy atom. The molecule has 0 spiro atoms. The quantitative estimate of drug-likeness (QED) is 0.629. The number of rotatable bonds is 6. The zero-order chi connectivity index (χ0) is 8.69. The lowest BCUT2D eigenvalue weighted by Crippen LogP contribution is -2.12. The molecule has 0 heterocycles. The summed E-state index contributed by atoms with van der Waals surface area (Å²) < 4.78 is 0. The third kappa shape index (κ3) is 5.42. The molecule has 0 bridgehead atoms. The number of halogens is 1. The van der Waals surface area contributed by atoms with E-state index < -0.39 is 0 Å². The van der Waals surface area contributed by atoms with Crippen molar-refractivity contribution in [2.45, 2.75) is 50.8 Å². The summed E-state index contributed by atoms with van der Waals surface area (Å²) in [4.78, 5) is 11.4. The van der Waals surface area contributed by atoms with E-state index in [2.05, 4.69) is 29.8 Å². The third-order valence-electron chi connectivity index (χ3n) is 1.67. The number of unbranched alkanes of at least 4 members (excludes halogenated alkanes) is 1. The minimum atomic E-state index is 0.110. The number of carbonyl (C=O) groups is 1. The van der Waals surface area contributed by atoms with Gasteiger partial charge >= 0.3 is 0 Å². The Bertz CT molecular complexity index is 112. The second-order valence-corrected chi connectivity index (χ2v) is 3.93. The molecular weight excluding hydrogens is 204 g/mol. The summed E-state index contributed by atoms with van der Waals surface area (Å²) in [5.74, 6) is 0.369. The minimum absolute atomic E-state index is 0.110. The van der Waals surface area contributed by atoms with E-state index in [1.54, 1.807) is 0 Å². The fourth-order valence-corrected chi connectivity index (χ4v) is 1.61. The maximum Gasteiger partial charge on any atom is 0.146 e. The molecule has 1 nitrogen and oxygen atoms in total. The molecule has 0 aliphatic carbocycles. The van der Waals surface area contributed by atoms with Crippen molar-refractivity contribution in [3.8, 4) is 0 Å². The summed E-state index contributed by atoms with van der Waals surface area (Å²) in [6, 6.07) is 0. The van der Waals surface area contributed by atoms with E-state index in [0.29, 0.717) is 5.78 Å². The Kier molecular flexibility index (Phi) is 6.93. The van der Waals surface area contributed by atoms with Crippen molar-refractivity contribution < 1.29 is 4.79 Å². The van der Waals surface area contributed by atoms with E-state index in [1.807, 2.05) is 0 Å². The molecule has 2 heteroatoms. The predicted molar refractivity (Wildman–Crippen MR) is 52.2 cm³/mol. The topological polar surface area (TPSA) is 17.1 Å². The van der Waals surface area contributed by atoms with Crippen LogP contribution in [-0.2, 0) is 4.79 Å². The smallest absolute Gasteiger partial charge is 0.146 e. The van der Waals surface area contributed by atoms with Crippen LogP contribution in [-0.4, -0.2) is 10.6 Å². The summed E-state index contributed by atoms with van der Waals surface area (Å²) in [7, 11) is 0. The monoisotopic (exact) mass is 220 g/mol. The van der Waals surface area contributed by atoms with Gasteiger partial charge in [0.1, 0.15) is 5.78 Å². The first-order valence-corrected chi connectivity index (χ1v) is 5.30. The van der Waals surface area contributed by atoms with Gasteiger partial charge in [-0.15, -0.1) is 0 Å². The Hall–Kier alpha value is 0.150. The van der Waals surface area contributed by atoms with E-state index >= 15 is 0 Å². The fraction of sp³-hybridized carbons (Fsp3) is 0.889. The highest BCUT2D eigenvalue weighted by molar-refractivity contribution is 9.10. The SMILES string of the molecule is CCCCC(=O)[C@@H](Br)CCC. The van der Waals surface area contributed by atoms with Crippen molar-refractivity contribution >= 4 is 21.7 Å². The molecule has 66 valence electrons. The first-order valence-electron chi connectivity index (χ1n) is 4.39. The molecule has 0 aromatic heterocycles. The van der Waals surface area contributed by atoms with Crippen LogP contribution in [0, 0.1) is 0 Å². The number of Topliss-reactive ketones (excluding diaryl/α,β-unsaturated/α-hetero) is 1. The van der Waals surface area contributed by atoms with Gasteiger partial charge in [0.2, 0.25) is 0 Å². The van der Waals surface area contributed by atoms with E-state index in [9.17, 15) is 4.79 Å². The summed E-state index contributed by atoms with van der Waals surface area (Å²) in [5.41, 5.74) is 0. The lowest BCUT2D eigenvalue weighted by Gasteiger charge is -2.05. The first-order chi connectivity index (χ1) is 5.22. The zero-order valence-electron chi connectivity index (χ0n) is 7.40. The van der Waals surface area contributed by atoms with Crippen LogP contribution in [0.4, 0.5) is 0 Å². The van der Waals surface area contributed by atoms with Crippen LogP contribution in [0.5, 0.6) is 0 Å². The van der Waals surface area contributed by atoms with Crippen molar-refractivity contribution in [2.75, 3.05) is 0 Å². The fourth-order valence-electron chi connectivity index (χ4n) is 0.922. The molecule has 0 saturated carbocycles. The van der Waals surface area contributed by atoms with Crippen LogP contribution >= 0.6 is 15.9 Å². The maximum absolute atomic E-state index is 11.2. The van der Waals surface area contributed by atoms with Crippen molar-refractivity contribution in [3.63, 3.8) is 0 Å². The van der Waals surface area contributed by atoms with E-state index in [4.69, 9.17) is 0 Å². The number of alkyl halides is 1. The molecule has 0 saturated heterocycles. The second-order valence-electron chi connectivity index (χ2n) is 2.83. The standard InChI is InChI=1S/C9H17BrO/c1-3-5-7-9(11)8(10)6-4-2/h8H,3-7H2,1-2H3/t8-/m0/s1. The van der Waals surface area contributed by atoms with Gasteiger partial charge in [0.25, 0.3) is 0 Å². The first kappa shape index (κ1) is 11.2. The number of hydrogen-bond acceptors (Lipinski definition) is 1. The van der Waals surface area contributed by atoms with Gasteiger partial charge in [-0.25, -0.2) is 0 Å². The highest BCUT2D eigenvalue weighted by atomic mass is 79.9. The minimum Gasteiger partial charge on any atom is -0.298 e. The summed E-state index contributed by atoms with van der Waals surface area (Å²) in [5, 5.41) is 0. The molecule has 0 radical (unpaired) electrons. The molecule has 11 heavy (non-hydrogen) atoms. The normalized spacial score (nSPS) is 13.0. The Morgan fingerprint density at radius 1 is 1.36 bits per heavy atom. The predicted octanol–water partition coefficient (Wildman–Crippen LogP) is 3.31. The molecule has 0 N–H and O–H groups in total. The largest absolute Gasteiger partial charge is 0.298 e. The lowest BCUT2D eigenvalue weighted by molar-refractivity contribution is -0.118. The molecular formula is C9H17BrO. The van der Waals surface area contributed by atoms with Crippen LogP contribution in [0.2, 0.25) is 0 Å². The molecule has 0 unspecified atom stereocenters. The van der Waals surface area contributed by atoms with Crippen LogP contribution in [0.3, 0.4) is 0 Å². The number of hydrogen-bond donors (Lipinski definition) is 0. The molecule has 0 aromatic rings. The van der Waals surface area contributed by atoms with Gasteiger partial charge in [-0.05, 0) is 12.8 Å². The molecule has 1 atom stereocenters. The zero-order valence-corrected chi connectivity index (χ0v) is 8.99. The Morgan fingerprint density at radius 2 is 2.00 bits per heavy atom. The van der Waals surface area contributed by atoms with Crippen LogP contribution < -0.4 is 0 Å². The van der Waals surface area contributed by atoms with Crippen LogP contribution in [0.15, 0.2) is 0 Å². The maximum atomic E-state index is 11.2. The van der Waals surface area contributed by atoms with Gasteiger partial charge in [0, 0.05) is 6.42 Å². The average Bonchev–Trinajstić information content (AvgIpc) is 2.00. The number of ketones is 1. The van der Waals surface area contributed by atoms with Crippen molar-refractivity contribution in [1.29, 1.82) is 0 Å². The van der Waals surface area contributed by atoms with Crippen LogP contribution in [0.1, 0.15) is 46.0 Å². The van der Waals surface area contributed by atoms with Gasteiger partial charge in [0.15, 0.2) is 0 Å². The van der Waals surface area contributed by atoms with E-state index in [1.165, 1.54) is 0 Å². The third-order valence-corrected chi connectivity index (χ3v) is 2.64. The summed E-state index contributed by atoms with van der Waals surface area (Å²) >= 11 is 3.38. The van der Waals surface area contributed by atoms with Gasteiger partial charge in [-0.3, -0.25) is 4.79 Å². The van der Waals surface area contributed by atoms with Crippen molar-refractivity contribution in [2.24, 2.45) is 0 Å². The Balaban J connectivity index is 3.47. The summed E-state index contributed by atoms with van der Waals surface area (Å²) in [6.07, 6.45) is 4.94. The average molecular weight is 221 g/mol. The van der Waals surface area contributed by atoms with Crippen molar-refractivity contribution in [1.82, 2.24) is 0 Å². The molecule has 0 amide bonds. The van der Waals surface area contributed by atoms with Crippen LogP contribution in [0.25, 0.3) is 0 Å². The van der Waals surface area contributed by atoms with Gasteiger partial charge in [-0.2, -0.15) is 0 Å². The van der Waals surface area contributed by atoms with Crippen molar-refractivity contribution in [3.05, 3.63) is 0 Å². The molecule has 0 rings (SSSR count). The Labute approximate surface area is 77.7 Å². The second kappa shape index (κ2) is 6.84. The highest BCUT2D eigenvalue weighted by Crippen LogP contribution is 2.12.